The van der Waals surface area contributed by atoms with Gasteiger partial charge in [0, 0.05) is 18.9 Å². The topological polar surface area (TPSA) is 46.9 Å². The minimum Gasteiger partial charge on any atom is -0.322 e. The van der Waals surface area contributed by atoms with E-state index in [1.54, 1.807) is 10.9 Å². The smallest absolute Gasteiger partial charge is 0.259 e. The zero-order valence-electron chi connectivity index (χ0n) is 14.0. The summed E-state index contributed by atoms with van der Waals surface area (Å²) in [6, 6.07) is 8.25. The molecule has 2 fully saturated rings. The molecule has 4 heteroatoms. The number of nitrogens with zero attached hydrogens (tertiary/aromatic N) is 2. The third kappa shape index (κ3) is 2.56. The Bertz CT molecular complexity index is 773. The maximum Gasteiger partial charge on any atom is 0.259 e. The zero-order chi connectivity index (χ0) is 16.2. The third-order valence-corrected chi connectivity index (χ3v) is 5.59. The summed E-state index contributed by atoms with van der Waals surface area (Å²) in [5.41, 5.74) is 4.21. The number of benzene rings is 1. The van der Waals surface area contributed by atoms with Gasteiger partial charge in [-0.05, 0) is 55.1 Å². The van der Waals surface area contributed by atoms with Gasteiger partial charge in [-0.1, -0.05) is 25.1 Å². The van der Waals surface area contributed by atoms with Crippen LogP contribution in [0.1, 0.15) is 53.7 Å². The number of amides is 1. The lowest BCUT2D eigenvalue weighted by molar-refractivity contribution is 0.102. The lowest BCUT2D eigenvalue weighted by atomic mass is 9.97. The molecule has 1 amide bonds. The van der Waals surface area contributed by atoms with Gasteiger partial charge in [-0.2, -0.15) is 5.10 Å². The molecule has 2 aliphatic rings. The van der Waals surface area contributed by atoms with Gasteiger partial charge < -0.3 is 5.32 Å². The number of rotatable bonds is 4. The van der Waals surface area contributed by atoms with Gasteiger partial charge in [-0.15, -0.1) is 0 Å². The van der Waals surface area contributed by atoms with Crippen molar-refractivity contribution in [2.75, 3.05) is 5.32 Å². The van der Waals surface area contributed by atoms with Crippen LogP contribution in [0.2, 0.25) is 0 Å². The first-order chi connectivity index (χ1) is 11.0. The molecule has 2 saturated carbocycles. The van der Waals surface area contributed by atoms with E-state index in [1.165, 1.54) is 24.8 Å². The molecule has 1 heterocycles. The Hall–Kier alpha value is -2.10. The van der Waals surface area contributed by atoms with Crippen LogP contribution in [-0.2, 0) is 7.05 Å². The van der Waals surface area contributed by atoms with Gasteiger partial charge in [0.1, 0.15) is 0 Å². The molecule has 0 saturated heterocycles. The van der Waals surface area contributed by atoms with Gasteiger partial charge in [0.2, 0.25) is 0 Å². The molecule has 1 N–H and O–H groups in total. The average molecular weight is 309 g/mol. The molecule has 2 aromatic rings. The molecule has 0 spiro atoms. The number of anilines is 1. The van der Waals surface area contributed by atoms with Gasteiger partial charge in [-0.25, -0.2) is 0 Å². The first-order valence-electron chi connectivity index (χ1n) is 8.38. The Morgan fingerprint density at radius 1 is 1.35 bits per heavy atom. The Balaban J connectivity index is 1.56. The summed E-state index contributed by atoms with van der Waals surface area (Å²) in [6.07, 6.45) is 5.75. The molecule has 0 radical (unpaired) electrons. The van der Waals surface area contributed by atoms with Crippen molar-refractivity contribution in [1.82, 2.24) is 9.78 Å². The Morgan fingerprint density at radius 2 is 2.09 bits per heavy atom. The predicted molar refractivity (Wildman–Crippen MR) is 90.5 cm³/mol. The summed E-state index contributed by atoms with van der Waals surface area (Å²) in [7, 11) is 1.84. The minimum absolute atomic E-state index is 0.0714. The highest BCUT2D eigenvalue weighted by Gasteiger charge is 2.56. The lowest BCUT2D eigenvalue weighted by Gasteiger charge is -2.12. The van der Waals surface area contributed by atoms with Gasteiger partial charge in [0.05, 0.1) is 11.3 Å². The van der Waals surface area contributed by atoms with Gasteiger partial charge in [0.25, 0.3) is 5.91 Å². The largest absolute Gasteiger partial charge is 0.322 e. The maximum absolute atomic E-state index is 12.6. The molecular formula is C19H23N3O. The molecule has 1 aromatic carbocycles. The molecule has 0 unspecified atom stereocenters. The molecular weight excluding hydrogens is 286 g/mol. The number of aryl methyl sites for hydroxylation is 2. The van der Waals surface area contributed by atoms with E-state index < -0.39 is 0 Å². The standard InChI is InChI=1S/C19H23N3O/c1-12-15(11-22(3)21-12)18(23)20-17-7-5-4-6-13(17)14-10-16(14)19(2)8-9-19/h4-7,11,14,16H,8-10H2,1-3H3,(H,20,23)/t14-,16-/m1/s1. The quantitative estimate of drug-likeness (QED) is 0.931. The number of aromatic nitrogens is 2. The number of para-hydroxylation sites is 1. The molecule has 0 bridgehead atoms. The van der Waals surface area contributed by atoms with Crippen molar-refractivity contribution in [1.29, 1.82) is 0 Å². The summed E-state index contributed by atoms with van der Waals surface area (Å²) < 4.78 is 1.68. The van der Waals surface area contributed by atoms with Crippen molar-refractivity contribution in [2.24, 2.45) is 18.4 Å². The van der Waals surface area contributed by atoms with Crippen molar-refractivity contribution in [3.8, 4) is 0 Å². The summed E-state index contributed by atoms with van der Waals surface area (Å²) >= 11 is 0. The second kappa shape index (κ2) is 4.95. The van der Waals surface area contributed by atoms with Crippen LogP contribution in [0.15, 0.2) is 30.5 Å². The maximum atomic E-state index is 12.6. The van der Waals surface area contributed by atoms with E-state index in [0.717, 1.165) is 17.3 Å². The van der Waals surface area contributed by atoms with Gasteiger partial charge in [0.15, 0.2) is 0 Å². The molecule has 4 nitrogen and oxygen atoms in total. The second-order valence-electron chi connectivity index (χ2n) is 7.45. The SMILES string of the molecule is Cc1nn(C)cc1C(=O)Nc1ccccc1[C@H]1C[C@H]1C1(C)CC1. The normalized spacial score (nSPS) is 24.3. The van der Waals surface area contributed by atoms with Crippen molar-refractivity contribution in [3.05, 3.63) is 47.3 Å². The molecule has 23 heavy (non-hydrogen) atoms. The highest BCUT2D eigenvalue weighted by molar-refractivity contribution is 6.05. The molecule has 2 atom stereocenters. The fourth-order valence-electron chi connectivity index (χ4n) is 3.82. The molecule has 120 valence electrons. The van der Waals surface area contributed by atoms with Crippen molar-refractivity contribution in [2.45, 2.75) is 39.0 Å². The van der Waals surface area contributed by atoms with E-state index >= 15 is 0 Å². The second-order valence-corrected chi connectivity index (χ2v) is 7.45. The fraction of sp³-hybridized carbons (Fsp3) is 0.474. The molecule has 4 rings (SSSR count). The number of carbonyl (C=O) groups is 1. The molecule has 0 aliphatic heterocycles. The van der Waals surface area contributed by atoms with E-state index in [2.05, 4.69) is 29.5 Å². The molecule has 1 aromatic heterocycles. The Kier molecular flexibility index (Phi) is 3.12. The predicted octanol–water partition coefficient (Wildman–Crippen LogP) is 3.88. The van der Waals surface area contributed by atoms with Crippen LogP contribution in [0, 0.1) is 18.3 Å². The summed E-state index contributed by atoms with van der Waals surface area (Å²) in [4.78, 5) is 12.6. The van der Waals surface area contributed by atoms with Crippen LogP contribution >= 0.6 is 0 Å². The average Bonchev–Trinajstić information content (AvgIpc) is 3.41. The monoisotopic (exact) mass is 309 g/mol. The van der Waals surface area contributed by atoms with Crippen LogP contribution < -0.4 is 5.32 Å². The van der Waals surface area contributed by atoms with Crippen LogP contribution in [-0.4, -0.2) is 15.7 Å². The van der Waals surface area contributed by atoms with E-state index in [4.69, 9.17) is 0 Å². The van der Waals surface area contributed by atoms with Crippen molar-refractivity contribution < 1.29 is 4.79 Å². The van der Waals surface area contributed by atoms with Crippen LogP contribution in [0.5, 0.6) is 0 Å². The van der Waals surface area contributed by atoms with Gasteiger partial charge in [-0.3, -0.25) is 9.48 Å². The Morgan fingerprint density at radius 3 is 2.74 bits per heavy atom. The number of hydrogen-bond donors (Lipinski definition) is 1. The first kappa shape index (κ1) is 14.5. The van der Waals surface area contributed by atoms with Crippen LogP contribution in [0.4, 0.5) is 5.69 Å². The summed E-state index contributed by atoms with van der Waals surface area (Å²) in [5, 5.41) is 7.35. The number of nitrogens with one attached hydrogen (secondary N) is 1. The summed E-state index contributed by atoms with van der Waals surface area (Å²) in [6.45, 7) is 4.27. The highest BCUT2D eigenvalue weighted by Crippen LogP contribution is 2.67. The minimum atomic E-state index is -0.0714. The molecule has 2 aliphatic carbocycles. The lowest BCUT2D eigenvalue weighted by Crippen LogP contribution is -2.14. The number of hydrogen-bond acceptors (Lipinski definition) is 2. The fourth-order valence-corrected chi connectivity index (χ4v) is 3.82. The first-order valence-corrected chi connectivity index (χ1v) is 8.38. The Labute approximate surface area is 136 Å². The van der Waals surface area contributed by atoms with E-state index in [0.29, 0.717) is 16.9 Å². The van der Waals surface area contributed by atoms with Gasteiger partial charge >= 0.3 is 0 Å². The van der Waals surface area contributed by atoms with E-state index in [-0.39, 0.29) is 5.91 Å². The van der Waals surface area contributed by atoms with Crippen LogP contribution in [0.3, 0.4) is 0 Å². The number of carbonyl (C=O) groups excluding carboxylic acids is 1. The van der Waals surface area contributed by atoms with E-state index in [9.17, 15) is 4.79 Å². The van der Waals surface area contributed by atoms with Crippen molar-refractivity contribution in [3.63, 3.8) is 0 Å². The summed E-state index contributed by atoms with van der Waals surface area (Å²) in [5.74, 6) is 1.33. The van der Waals surface area contributed by atoms with Crippen LogP contribution in [0.25, 0.3) is 0 Å². The third-order valence-electron chi connectivity index (χ3n) is 5.59. The van der Waals surface area contributed by atoms with Crippen molar-refractivity contribution >= 4 is 11.6 Å². The van der Waals surface area contributed by atoms with E-state index in [1.807, 2.05) is 26.1 Å². The highest BCUT2D eigenvalue weighted by atomic mass is 16.1. The zero-order valence-corrected chi connectivity index (χ0v) is 14.0.